The number of nitrogens with zero attached hydrogens (tertiary/aromatic N) is 5. The third kappa shape index (κ3) is 2.89. The number of hydrogen-bond donors (Lipinski definition) is 0. The lowest BCUT2D eigenvalue weighted by atomic mass is 10.3. The lowest BCUT2D eigenvalue weighted by molar-refractivity contribution is -0.00461. The van der Waals surface area contributed by atoms with Gasteiger partial charge in [-0.1, -0.05) is 22.9 Å². The molecule has 25 heavy (non-hydrogen) atoms. The maximum Gasteiger partial charge on any atom is 0.186 e. The van der Waals surface area contributed by atoms with Gasteiger partial charge in [0.2, 0.25) is 0 Å². The minimum atomic E-state index is 0.0455. The first-order chi connectivity index (χ1) is 12.3. The van der Waals surface area contributed by atoms with Gasteiger partial charge in [0.1, 0.15) is 30.9 Å². The molecule has 0 spiro atoms. The first kappa shape index (κ1) is 15.5. The molecule has 0 aliphatic carbocycles. The van der Waals surface area contributed by atoms with Crippen molar-refractivity contribution in [2.45, 2.75) is 18.2 Å². The Kier molecular flexibility index (Phi) is 3.85. The second-order valence-corrected chi connectivity index (χ2v) is 7.73. The Morgan fingerprint density at radius 2 is 1.96 bits per heavy atom. The highest BCUT2D eigenvalue weighted by atomic mass is 35.5. The van der Waals surface area contributed by atoms with Crippen molar-refractivity contribution in [3.63, 3.8) is 0 Å². The van der Waals surface area contributed by atoms with E-state index in [-0.39, 0.29) is 18.2 Å². The van der Waals surface area contributed by atoms with Gasteiger partial charge >= 0.3 is 0 Å². The predicted molar refractivity (Wildman–Crippen MR) is 95.4 cm³/mol. The Labute approximate surface area is 153 Å². The zero-order chi connectivity index (χ0) is 16.8. The predicted octanol–water partition coefficient (Wildman–Crippen LogP) is 2.39. The molecule has 2 aromatic heterocycles. The van der Waals surface area contributed by atoms with E-state index in [4.69, 9.17) is 26.1 Å². The smallest absolute Gasteiger partial charge is 0.186 e. The van der Waals surface area contributed by atoms with Crippen molar-refractivity contribution >= 4 is 38.3 Å². The molecular formula is C16H16ClN5O2S. The summed E-state index contributed by atoms with van der Waals surface area (Å²) in [6.07, 6.45) is 3.33. The van der Waals surface area contributed by atoms with Gasteiger partial charge in [-0.25, -0.2) is 14.6 Å². The molecule has 4 heterocycles. The molecule has 2 aliphatic rings. The average molecular weight is 378 g/mol. The quantitative estimate of drug-likeness (QED) is 0.683. The molecule has 2 fully saturated rings. The van der Waals surface area contributed by atoms with Crippen LogP contribution < -0.4 is 4.90 Å². The minimum Gasteiger partial charge on any atom is -0.371 e. The van der Waals surface area contributed by atoms with Crippen LogP contribution in [0.3, 0.4) is 0 Å². The Hall–Kier alpha value is -1.74. The van der Waals surface area contributed by atoms with Crippen LogP contribution in [0.1, 0.15) is 6.04 Å². The largest absolute Gasteiger partial charge is 0.371 e. The summed E-state index contributed by atoms with van der Waals surface area (Å²) < 4.78 is 15.1. The second kappa shape index (κ2) is 6.21. The zero-order valence-electron chi connectivity index (χ0n) is 13.3. The van der Waals surface area contributed by atoms with Gasteiger partial charge in [-0.3, -0.25) is 0 Å². The minimum absolute atomic E-state index is 0.0455. The Morgan fingerprint density at radius 1 is 1.16 bits per heavy atom. The highest BCUT2D eigenvalue weighted by molar-refractivity contribution is 7.22. The summed E-state index contributed by atoms with van der Waals surface area (Å²) in [5.74, 6) is 0. The standard InChI is InChI=1S/C16H16ClN5O2S/c17-10-1-2-12-15(3-10)25-16(20-12)21-4-13-14(5-21)24-7-11(6-23-13)22-9-18-8-19-22/h1-3,8-9,11,13-14H,4-7H2/t13-,14-/m0/s1. The van der Waals surface area contributed by atoms with Crippen molar-refractivity contribution in [2.75, 3.05) is 31.2 Å². The lowest BCUT2D eigenvalue weighted by Crippen LogP contribution is -2.27. The summed E-state index contributed by atoms with van der Waals surface area (Å²) in [4.78, 5) is 11.0. The van der Waals surface area contributed by atoms with Crippen molar-refractivity contribution in [1.82, 2.24) is 19.7 Å². The molecule has 2 atom stereocenters. The molecule has 3 aromatic rings. The Morgan fingerprint density at radius 3 is 2.68 bits per heavy atom. The van der Waals surface area contributed by atoms with E-state index in [9.17, 15) is 0 Å². The normalized spacial score (nSPS) is 24.6. The average Bonchev–Trinajstić information content (AvgIpc) is 3.32. The summed E-state index contributed by atoms with van der Waals surface area (Å²) in [7, 11) is 0. The topological polar surface area (TPSA) is 65.3 Å². The number of rotatable bonds is 2. The summed E-state index contributed by atoms with van der Waals surface area (Å²) in [5, 5.41) is 5.91. The van der Waals surface area contributed by atoms with Crippen molar-refractivity contribution in [1.29, 1.82) is 0 Å². The van der Waals surface area contributed by atoms with E-state index in [2.05, 4.69) is 15.0 Å². The fourth-order valence-electron chi connectivity index (χ4n) is 3.32. The van der Waals surface area contributed by atoms with E-state index in [0.29, 0.717) is 13.2 Å². The summed E-state index contributed by atoms with van der Waals surface area (Å²) in [6, 6.07) is 5.87. The van der Waals surface area contributed by atoms with Gasteiger partial charge in [-0.15, -0.1) is 0 Å². The van der Waals surface area contributed by atoms with Crippen LogP contribution in [0, 0.1) is 0 Å². The molecule has 0 unspecified atom stereocenters. The van der Waals surface area contributed by atoms with Gasteiger partial charge in [-0.2, -0.15) is 5.10 Å². The molecule has 2 aliphatic heterocycles. The fourth-order valence-corrected chi connectivity index (χ4v) is 4.58. The summed E-state index contributed by atoms with van der Waals surface area (Å²) in [5.41, 5.74) is 0.976. The maximum absolute atomic E-state index is 6.11. The Bertz CT molecular complexity index is 870. The molecule has 0 radical (unpaired) electrons. The van der Waals surface area contributed by atoms with Gasteiger partial charge in [0.05, 0.1) is 23.4 Å². The molecule has 130 valence electrons. The first-order valence-electron chi connectivity index (χ1n) is 8.14. The fraction of sp³-hybridized carbons (Fsp3) is 0.438. The molecule has 0 bridgehead atoms. The molecule has 2 saturated heterocycles. The molecule has 0 saturated carbocycles. The number of hydrogen-bond acceptors (Lipinski definition) is 7. The number of thiazole rings is 1. The van der Waals surface area contributed by atoms with Gasteiger partial charge in [0.25, 0.3) is 0 Å². The number of fused-ring (bicyclic) bond motifs is 2. The third-order valence-corrected chi connectivity index (χ3v) is 5.96. The van der Waals surface area contributed by atoms with Crippen molar-refractivity contribution in [3.05, 3.63) is 35.9 Å². The van der Waals surface area contributed by atoms with Gasteiger partial charge in [0, 0.05) is 18.1 Å². The third-order valence-electron chi connectivity index (χ3n) is 4.64. The highest BCUT2D eigenvalue weighted by Crippen LogP contribution is 2.34. The molecule has 7 nitrogen and oxygen atoms in total. The number of ether oxygens (including phenoxy) is 2. The highest BCUT2D eigenvalue weighted by Gasteiger charge is 2.38. The zero-order valence-corrected chi connectivity index (χ0v) is 14.9. The summed E-state index contributed by atoms with van der Waals surface area (Å²) in [6.45, 7) is 2.71. The monoisotopic (exact) mass is 377 g/mol. The van der Waals surface area contributed by atoms with Crippen LogP contribution >= 0.6 is 22.9 Å². The van der Waals surface area contributed by atoms with E-state index in [0.717, 1.165) is 33.5 Å². The second-order valence-electron chi connectivity index (χ2n) is 6.29. The van der Waals surface area contributed by atoms with Crippen molar-refractivity contribution in [3.8, 4) is 0 Å². The maximum atomic E-state index is 6.11. The molecule has 0 N–H and O–H groups in total. The van der Waals surface area contributed by atoms with Crippen LogP contribution in [-0.4, -0.2) is 58.3 Å². The Balaban J connectivity index is 1.31. The van der Waals surface area contributed by atoms with Gasteiger partial charge in [0.15, 0.2) is 5.13 Å². The van der Waals surface area contributed by atoms with E-state index < -0.39 is 0 Å². The van der Waals surface area contributed by atoms with E-state index >= 15 is 0 Å². The van der Waals surface area contributed by atoms with Crippen LogP contribution in [0.5, 0.6) is 0 Å². The SMILES string of the molecule is Clc1ccc2nc(N3C[C@@H]4OCC(n5cncn5)CO[C@H]4C3)sc2c1. The number of benzene rings is 1. The van der Waals surface area contributed by atoms with E-state index in [1.807, 2.05) is 18.2 Å². The molecule has 9 heteroatoms. The lowest BCUT2D eigenvalue weighted by Gasteiger charge is -2.17. The van der Waals surface area contributed by atoms with Crippen LogP contribution in [0.25, 0.3) is 10.2 Å². The van der Waals surface area contributed by atoms with Crippen LogP contribution in [0.4, 0.5) is 5.13 Å². The van der Waals surface area contributed by atoms with E-state index in [1.165, 1.54) is 6.33 Å². The number of halogens is 1. The summed E-state index contributed by atoms with van der Waals surface area (Å²) >= 11 is 7.73. The first-order valence-corrected chi connectivity index (χ1v) is 9.34. The molecule has 0 amide bonds. The molecule has 1 aromatic carbocycles. The molecular weight excluding hydrogens is 362 g/mol. The van der Waals surface area contributed by atoms with Crippen LogP contribution in [-0.2, 0) is 9.47 Å². The number of anilines is 1. The molecule has 5 rings (SSSR count). The van der Waals surface area contributed by atoms with Crippen LogP contribution in [0.2, 0.25) is 5.02 Å². The van der Waals surface area contributed by atoms with Gasteiger partial charge in [-0.05, 0) is 18.2 Å². The van der Waals surface area contributed by atoms with Gasteiger partial charge < -0.3 is 14.4 Å². The number of aromatic nitrogens is 4. The van der Waals surface area contributed by atoms with Crippen molar-refractivity contribution in [2.24, 2.45) is 0 Å². The van der Waals surface area contributed by atoms with E-state index in [1.54, 1.807) is 22.3 Å². The van der Waals surface area contributed by atoms with Crippen molar-refractivity contribution < 1.29 is 9.47 Å². The van der Waals surface area contributed by atoms with Crippen LogP contribution in [0.15, 0.2) is 30.9 Å².